The number of hydrogen-bond donors (Lipinski definition) is 1. The van der Waals surface area contributed by atoms with E-state index in [9.17, 15) is 4.79 Å². The Labute approximate surface area is 175 Å². The molecular formula is C21H26N8O. The summed E-state index contributed by atoms with van der Waals surface area (Å²) in [5.41, 5.74) is 9.30. The van der Waals surface area contributed by atoms with Crippen LogP contribution in [0.2, 0.25) is 0 Å². The number of rotatable bonds is 6. The molecule has 3 aromatic heterocycles. The fourth-order valence-electron chi connectivity index (χ4n) is 3.61. The van der Waals surface area contributed by atoms with Crippen LogP contribution in [0, 0.1) is 0 Å². The van der Waals surface area contributed by atoms with Gasteiger partial charge in [0.05, 0.1) is 17.8 Å². The third kappa shape index (κ3) is 3.30. The summed E-state index contributed by atoms with van der Waals surface area (Å²) >= 11 is 0. The van der Waals surface area contributed by atoms with Gasteiger partial charge < -0.3 is 15.2 Å². The molecule has 3 aromatic rings. The molecule has 9 nitrogen and oxygen atoms in total. The normalized spacial score (nSPS) is 14.2. The predicted octanol–water partition coefficient (Wildman–Crippen LogP) is 2.39. The Morgan fingerprint density at radius 3 is 2.73 bits per heavy atom. The summed E-state index contributed by atoms with van der Waals surface area (Å²) in [6.45, 7) is 5.17. The van der Waals surface area contributed by atoms with E-state index >= 15 is 0 Å². The van der Waals surface area contributed by atoms with E-state index < -0.39 is 0 Å². The second kappa shape index (κ2) is 7.83. The van der Waals surface area contributed by atoms with Crippen molar-refractivity contribution in [1.29, 1.82) is 0 Å². The standard InChI is InChI=1S/C21H26N8O/c1-5-15(22)19-14-11-29(21(30)13(14)10-18(25-19)27(3)4)17-9-7-8-16(24-17)20-26-23-12-28(20)6-2/h7-10,12,15H,5-6,11,22H2,1-4H3. The third-order valence-corrected chi connectivity index (χ3v) is 5.38. The molecule has 0 saturated carbocycles. The minimum atomic E-state index is -0.228. The summed E-state index contributed by atoms with van der Waals surface area (Å²) in [7, 11) is 3.81. The summed E-state index contributed by atoms with van der Waals surface area (Å²) in [4.78, 5) is 26.3. The van der Waals surface area contributed by atoms with Gasteiger partial charge in [-0.25, -0.2) is 9.97 Å². The molecule has 0 bridgehead atoms. The van der Waals surface area contributed by atoms with Gasteiger partial charge in [0, 0.05) is 32.2 Å². The monoisotopic (exact) mass is 406 g/mol. The highest BCUT2D eigenvalue weighted by molar-refractivity contribution is 6.10. The first-order chi connectivity index (χ1) is 14.4. The Bertz CT molecular complexity index is 1090. The molecule has 0 radical (unpaired) electrons. The fraction of sp³-hybridized carbons (Fsp3) is 0.381. The van der Waals surface area contributed by atoms with Crippen molar-refractivity contribution < 1.29 is 4.79 Å². The first-order valence-electron chi connectivity index (χ1n) is 10.1. The third-order valence-electron chi connectivity index (χ3n) is 5.38. The van der Waals surface area contributed by atoms with Crippen LogP contribution in [0.5, 0.6) is 0 Å². The molecule has 1 unspecified atom stereocenters. The number of fused-ring (bicyclic) bond motifs is 1. The van der Waals surface area contributed by atoms with Crippen LogP contribution in [0.25, 0.3) is 11.5 Å². The smallest absolute Gasteiger partial charge is 0.260 e. The second-order valence-electron chi connectivity index (χ2n) is 7.51. The average Bonchev–Trinajstić information content (AvgIpc) is 3.37. The summed E-state index contributed by atoms with van der Waals surface area (Å²) in [5, 5.41) is 8.15. The lowest BCUT2D eigenvalue weighted by atomic mass is 10.0. The zero-order valence-electron chi connectivity index (χ0n) is 17.7. The largest absolute Gasteiger partial charge is 0.363 e. The molecule has 0 aromatic carbocycles. The van der Waals surface area contributed by atoms with E-state index in [1.807, 2.05) is 61.7 Å². The van der Waals surface area contributed by atoms with Crippen molar-refractivity contribution in [3.63, 3.8) is 0 Å². The van der Waals surface area contributed by atoms with Gasteiger partial charge in [-0.3, -0.25) is 9.69 Å². The Morgan fingerprint density at radius 2 is 2.03 bits per heavy atom. The van der Waals surface area contributed by atoms with Crippen LogP contribution in [0.1, 0.15) is 47.9 Å². The Morgan fingerprint density at radius 1 is 1.23 bits per heavy atom. The quantitative estimate of drug-likeness (QED) is 0.670. The molecule has 9 heteroatoms. The van der Waals surface area contributed by atoms with Crippen LogP contribution in [-0.2, 0) is 13.1 Å². The lowest BCUT2D eigenvalue weighted by Crippen LogP contribution is -2.24. The van der Waals surface area contributed by atoms with Crippen molar-refractivity contribution in [2.45, 2.75) is 39.4 Å². The van der Waals surface area contributed by atoms with Crippen LogP contribution in [-0.4, -0.2) is 44.7 Å². The van der Waals surface area contributed by atoms with Crippen LogP contribution in [0.3, 0.4) is 0 Å². The first kappa shape index (κ1) is 20.0. The van der Waals surface area contributed by atoms with Crippen LogP contribution < -0.4 is 15.5 Å². The van der Waals surface area contributed by atoms with Gasteiger partial charge in [-0.05, 0) is 31.5 Å². The number of nitrogens with two attached hydrogens (primary N) is 1. The topological polar surface area (TPSA) is 106 Å². The van der Waals surface area contributed by atoms with Crippen LogP contribution in [0.15, 0.2) is 30.6 Å². The van der Waals surface area contributed by atoms with E-state index in [4.69, 9.17) is 15.7 Å². The average molecular weight is 406 g/mol. The lowest BCUT2D eigenvalue weighted by Gasteiger charge is -2.18. The van der Waals surface area contributed by atoms with Gasteiger partial charge in [0.2, 0.25) is 0 Å². The van der Waals surface area contributed by atoms with E-state index in [0.29, 0.717) is 29.4 Å². The highest BCUT2D eigenvalue weighted by Gasteiger charge is 2.34. The van der Waals surface area contributed by atoms with Gasteiger partial charge in [0.1, 0.15) is 23.7 Å². The Kier molecular flexibility index (Phi) is 5.21. The number of pyridine rings is 2. The maximum atomic E-state index is 13.3. The maximum Gasteiger partial charge on any atom is 0.260 e. The number of carbonyl (C=O) groups is 1. The molecule has 4 rings (SSSR count). The molecule has 2 N–H and O–H groups in total. The summed E-state index contributed by atoms with van der Waals surface area (Å²) in [6.07, 6.45) is 2.42. The molecule has 1 aliphatic heterocycles. The van der Waals surface area contributed by atoms with Crippen LogP contribution in [0.4, 0.5) is 11.6 Å². The minimum Gasteiger partial charge on any atom is -0.363 e. The van der Waals surface area contributed by atoms with E-state index in [1.165, 1.54) is 0 Å². The molecule has 4 heterocycles. The molecule has 1 aliphatic rings. The molecular weight excluding hydrogens is 380 g/mol. The van der Waals surface area contributed by atoms with Crippen molar-refractivity contribution in [2.75, 3.05) is 23.9 Å². The number of amides is 1. The number of aromatic nitrogens is 5. The van der Waals surface area contributed by atoms with Crippen LogP contribution >= 0.6 is 0 Å². The summed E-state index contributed by atoms with van der Waals surface area (Å²) in [6, 6.07) is 7.19. The summed E-state index contributed by atoms with van der Waals surface area (Å²) in [5.74, 6) is 1.87. The molecule has 156 valence electrons. The molecule has 30 heavy (non-hydrogen) atoms. The molecule has 0 saturated heterocycles. The molecule has 1 amide bonds. The Balaban J connectivity index is 1.75. The van der Waals surface area contributed by atoms with Gasteiger partial charge in [0.25, 0.3) is 5.91 Å². The van der Waals surface area contributed by atoms with Crippen molar-refractivity contribution in [3.05, 3.63) is 47.4 Å². The molecule has 0 aliphatic carbocycles. The highest BCUT2D eigenvalue weighted by atomic mass is 16.2. The first-order valence-corrected chi connectivity index (χ1v) is 10.1. The van der Waals surface area contributed by atoms with E-state index in [1.54, 1.807) is 11.2 Å². The highest BCUT2D eigenvalue weighted by Crippen LogP contribution is 2.34. The molecule has 1 atom stereocenters. The number of anilines is 2. The number of aryl methyl sites for hydroxylation is 1. The SMILES string of the molecule is CCC(N)c1nc(N(C)C)cc2c1CN(c1cccc(-c3nncn3CC)n1)C2=O. The van der Waals surface area contributed by atoms with Gasteiger partial charge in [-0.1, -0.05) is 13.0 Å². The second-order valence-corrected chi connectivity index (χ2v) is 7.51. The van der Waals surface area contributed by atoms with Crippen molar-refractivity contribution >= 4 is 17.5 Å². The van der Waals surface area contributed by atoms with Gasteiger partial charge >= 0.3 is 0 Å². The minimum absolute atomic E-state index is 0.0957. The number of carbonyl (C=O) groups excluding carboxylic acids is 1. The molecule has 0 fully saturated rings. The van der Waals surface area contributed by atoms with E-state index in [-0.39, 0.29) is 11.9 Å². The Hall–Kier alpha value is -3.33. The van der Waals surface area contributed by atoms with E-state index in [2.05, 4.69) is 10.2 Å². The maximum absolute atomic E-state index is 13.3. The van der Waals surface area contributed by atoms with E-state index in [0.717, 1.165) is 30.0 Å². The fourth-order valence-corrected chi connectivity index (χ4v) is 3.61. The predicted molar refractivity (Wildman–Crippen MR) is 115 cm³/mol. The summed E-state index contributed by atoms with van der Waals surface area (Å²) < 4.78 is 1.91. The van der Waals surface area contributed by atoms with Crippen molar-refractivity contribution in [2.24, 2.45) is 5.73 Å². The van der Waals surface area contributed by atoms with Crippen molar-refractivity contribution in [1.82, 2.24) is 24.7 Å². The zero-order valence-corrected chi connectivity index (χ0v) is 17.7. The zero-order chi connectivity index (χ0) is 21.4. The van der Waals surface area contributed by atoms with Gasteiger partial charge in [-0.15, -0.1) is 10.2 Å². The van der Waals surface area contributed by atoms with Gasteiger partial charge in [0.15, 0.2) is 5.82 Å². The number of hydrogen-bond acceptors (Lipinski definition) is 7. The molecule has 0 spiro atoms. The lowest BCUT2D eigenvalue weighted by molar-refractivity contribution is 0.0996. The van der Waals surface area contributed by atoms with Crippen molar-refractivity contribution in [3.8, 4) is 11.5 Å². The number of nitrogens with zero attached hydrogens (tertiary/aromatic N) is 7. The van der Waals surface area contributed by atoms with Gasteiger partial charge in [-0.2, -0.15) is 0 Å².